The third kappa shape index (κ3) is 2.38. The van der Waals surface area contributed by atoms with E-state index >= 15 is 0 Å². The van der Waals surface area contributed by atoms with Gasteiger partial charge in [-0.05, 0) is 18.6 Å². The van der Waals surface area contributed by atoms with Crippen molar-refractivity contribution in [2.24, 2.45) is 0 Å². The Balaban J connectivity index is 1.68. The van der Waals surface area contributed by atoms with Crippen molar-refractivity contribution >= 4 is 5.91 Å². The normalized spacial score (nSPS) is 21.8. The molecule has 0 aliphatic carbocycles. The van der Waals surface area contributed by atoms with E-state index in [0.717, 1.165) is 24.0 Å². The van der Waals surface area contributed by atoms with Gasteiger partial charge in [0.15, 0.2) is 5.79 Å². The molecule has 4 nitrogen and oxygen atoms in total. The van der Waals surface area contributed by atoms with E-state index in [-0.39, 0.29) is 5.91 Å². The van der Waals surface area contributed by atoms with Gasteiger partial charge in [-0.3, -0.25) is 4.79 Å². The van der Waals surface area contributed by atoms with E-state index in [9.17, 15) is 4.79 Å². The molecule has 2 saturated heterocycles. The van der Waals surface area contributed by atoms with Crippen LogP contribution in [0, 0.1) is 6.92 Å². The van der Waals surface area contributed by atoms with E-state index in [1.165, 1.54) is 0 Å². The lowest BCUT2D eigenvalue weighted by Gasteiger charge is -2.37. The van der Waals surface area contributed by atoms with Gasteiger partial charge in [0, 0.05) is 31.5 Å². The number of piperidine rings is 1. The number of ether oxygens (including phenoxy) is 2. The van der Waals surface area contributed by atoms with Gasteiger partial charge in [-0.1, -0.05) is 18.2 Å². The van der Waals surface area contributed by atoms with Crippen LogP contribution in [-0.4, -0.2) is 42.9 Å². The predicted octanol–water partition coefficient (Wildman–Crippen LogP) is 1.97. The molecule has 102 valence electrons. The van der Waals surface area contributed by atoms with Gasteiger partial charge in [0.05, 0.1) is 13.2 Å². The van der Waals surface area contributed by atoms with Gasteiger partial charge >= 0.3 is 0 Å². The highest BCUT2D eigenvalue weighted by molar-refractivity contribution is 5.95. The summed E-state index contributed by atoms with van der Waals surface area (Å²) in [6.07, 6.45) is 1.54. The van der Waals surface area contributed by atoms with E-state index in [0.29, 0.717) is 26.3 Å². The zero-order chi connectivity index (χ0) is 13.3. The Morgan fingerprint density at radius 2 is 1.79 bits per heavy atom. The average molecular weight is 261 g/mol. The SMILES string of the molecule is Cc1ccccc1C(=O)N1CCC2(CC1)OCCO2. The number of amides is 1. The van der Waals surface area contributed by atoms with Crippen molar-refractivity contribution in [1.29, 1.82) is 0 Å². The van der Waals surface area contributed by atoms with Gasteiger partial charge in [-0.15, -0.1) is 0 Å². The predicted molar refractivity (Wildman–Crippen MR) is 71.0 cm³/mol. The standard InChI is InChI=1S/C15H19NO3/c1-12-4-2-3-5-13(12)14(17)16-8-6-15(7-9-16)18-10-11-19-15/h2-5H,6-11H2,1H3. The smallest absolute Gasteiger partial charge is 0.254 e. The van der Waals surface area contributed by atoms with Gasteiger partial charge in [0.2, 0.25) is 0 Å². The van der Waals surface area contributed by atoms with E-state index in [4.69, 9.17) is 9.47 Å². The van der Waals surface area contributed by atoms with Gasteiger partial charge in [-0.25, -0.2) is 0 Å². The van der Waals surface area contributed by atoms with Crippen molar-refractivity contribution < 1.29 is 14.3 Å². The number of benzene rings is 1. The Bertz CT molecular complexity index is 470. The summed E-state index contributed by atoms with van der Waals surface area (Å²) in [6, 6.07) is 7.73. The Kier molecular flexibility index (Phi) is 3.29. The molecule has 3 rings (SSSR count). The maximum atomic E-state index is 12.5. The number of likely N-dealkylation sites (tertiary alicyclic amines) is 1. The molecule has 0 aromatic heterocycles. The van der Waals surface area contributed by atoms with Crippen molar-refractivity contribution in [3.05, 3.63) is 35.4 Å². The number of aryl methyl sites for hydroxylation is 1. The monoisotopic (exact) mass is 261 g/mol. The number of hydrogen-bond donors (Lipinski definition) is 0. The largest absolute Gasteiger partial charge is 0.347 e. The molecule has 2 fully saturated rings. The Morgan fingerprint density at radius 3 is 2.42 bits per heavy atom. The molecule has 0 radical (unpaired) electrons. The van der Waals surface area contributed by atoms with Gasteiger partial charge in [0.25, 0.3) is 5.91 Å². The zero-order valence-electron chi connectivity index (χ0n) is 11.2. The third-order valence-electron chi connectivity index (χ3n) is 4.00. The molecule has 0 saturated carbocycles. The quantitative estimate of drug-likeness (QED) is 0.776. The first-order valence-electron chi connectivity index (χ1n) is 6.83. The van der Waals surface area contributed by atoms with Crippen LogP contribution in [0.2, 0.25) is 0 Å². The van der Waals surface area contributed by atoms with Crippen LogP contribution in [0.5, 0.6) is 0 Å². The molecular weight excluding hydrogens is 242 g/mol. The number of nitrogens with zero attached hydrogens (tertiary/aromatic N) is 1. The second-order valence-corrected chi connectivity index (χ2v) is 5.21. The second-order valence-electron chi connectivity index (χ2n) is 5.21. The summed E-state index contributed by atoms with van der Waals surface area (Å²) in [5, 5.41) is 0. The van der Waals surface area contributed by atoms with Gasteiger partial charge < -0.3 is 14.4 Å². The first kappa shape index (κ1) is 12.6. The molecule has 1 aromatic carbocycles. The minimum atomic E-state index is -0.414. The van der Waals surface area contributed by atoms with Crippen LogP contribution in [0.3, 0.4) is 0 Å². The molecule has 1 amide bonds. The first-order chi connectivity index (χ1) is 9.20. The second kappa shape index (κ2) is 4.94. The van der Waals surface area contributed by atoms with Crippen LogP contribution in [0.25, 0.3) is 0 Å². The number of carbonyl (C=O) groups is 1. The summed E-state index contributed by atoms with van der Waals surface area (Å²) in [4.78, 5) is 14.4. The maximum Gasteiger partial charge on any atom is 0.254 e. The topological polar surface area (TPSA) is 38.8 Å². The van der Waals surface area contributed by atoms with Crippen molar-refractivity contribution in [1.82, 2.24) is 4.90 Å². The summed E-state index contributed by atoms with van der Waals surface area (Å²) in [6.45, 7) is 4.72. The van der Waals surface area contributed by atoms with E-state index < -0.39 is 5.79 Å². The minimum Gasteiger partial charge on any atom is -0.347 e. The Hall–Kier alpha value is -1.39. The van der Waals surface area contributed by atoms with Crippen molar-refractivity contribution in [2.75, 3.05) is 26.3 Å². The molecule has 1 spiro atoms. The lowest BCUT2D eigenvalue weighted by molar-refractivity contribution is -0.181. The average Bonchev–Trinajstić information content (AvgIpc) is 2.88. The summed E-state index contributed by atoms with van der Waals surface area (Å²) in [5.74, 6) is -0.298. The lowest BCUT2D eigenvalue weighted by atomic mass is 10.0. The molecular formula is C15H19NO3. The zero-order valence-corrected chi connectivity index (χ0v) is 11.2. The molecule has 0 atom stereocenters. The summed E-state index contributed by atoms with van der Waals surface area (Å²) >= 11 is 0. The Morgan fingerprint density at radius 1 is 1.16 bits per heavy atom. The van der Waals surface area contributed by atoms with Crippen LogP contribution >= 0.6 is 0 Å². The highest BCUT2D eigenvalue weighted by atomic mass is 16.7. The van der Waals surface area contributed by atoms with Crippen molar-refractivity contribution in [3.63, 3.8) is 0 Å². The number of rotatable bonds is 1. The van der Waals surface area contributed by atoms with E-state index in [2.05, 4.69) is 0 Å². The highest BCUT2D eigenvalue weighted by Crippen LogP contribution is 2.31. The molecule has 19 heavy (non-hydrogen) atoms. The molecule has 0 unspecified atom stereocenters. The van der Waals surface area contributed by atoms with Crippen molar-refractivity contribution in [2.45, 2.75) is 25.6 Å². The molecule has 1 aromatic rings. The maximum absolute atomic E-state index is 12.5. The van der Waals surface area contributed by atoms with E-state index in [1.54, 1.807) is 0 Å². The molecule has 0 bridgehead atoms. The van der Waals surface area contributed by atoms with Crippen LogP contribution in [0.4, 0.5) is 0 Å². The van der Waals surface area contributed by atoms with Gasteiger partial charge in [-0.2, -0.15) is 0 Å². The van der Waals surface area contributed by atoms with Gasteiger partial charge in [0.1, 0.15) is 0 Å². The minimum absolute atomic E-state index is 0.117. The molecule has 2 aliphatic heterocycles. The van der Waals surface area contributed by atoms with Crippen LogP contribution in [0.15, 0.2) is 24.3 Å². The fourth-order valence-corrected chi connectivity index (χ4v) is 2.82. The van der Waals surface area contributed by atoms with Crippen LogP contribution in [0.1, 0.15) is 28.8 Å². The first-order valence-corrected chi connectivity index (χ1v) is 6.83. The molecule has 2 aliphatic rings. The summed E-state index contributed by atoms with van der Waals surface area (Å²) < 4.78 is 11.4. The van der Waals surface area contributed by atoms with Crippen molar-refractivity contribution in [3.8, 4) is 0 Å². The van der Waals surface area contributed by atoms with E-state index in [1.807, 2.05) is 36.1 Å². The third-order valence-corrected chi connectivity index (χ3v) is 4.00. The summed E-state index contributed by atoms with van der Waals surface area (Å²) in [5.41, 5.74) is 1.83. The Labute approximate surface area is 113 Å². The fourth-order valence-electron chi connectivity index (χ4n) is 2.82. The highest BCUT2D eigenvalue weighted by Gasteiger charge is 2.40. The van der Waals surface area contributed by atoms with Crippen LogP contribution < -0.4 is 0 Å². The number of hydrogen-bond acceptors (Lipinski definition) is 3. The number of carbonyl (C=O) groups excluding carboxylic acids is 1. The molecule has 4 heteroatoms. The summed E-state index contributed by atoms with van der Waals surface area (Å²) in [7, 11) is 0. The van der Waals surface area contributed by atoms with Crippen LogP contribution in [-0.2, 0) is 9.47 Å². The molecule has 2 heterocycles. The molecule has 0 N–H and O–H groups in total. The fraction of sp³-hybridized carbons (Fsp3) is 0.533. The lowest BCUT2D eigenvalue weighted by Crippen LogP contribution is -2.47.